The first-order chi connectivity index (χ1) is 10.8. The fraction of sp³-hybridized carbons (Fsp3) is 0.333. The van der Waals surface area contributed by atoms with Crippen molar-refractivity contribution in [2.24, 2.45) is 0 Å². The van der Waals surface area contributed by atoms with E-state index < -0.39 is 26.9 Å². The van der Waals surface area contributed by atoms with E-state index in [0.717, 1.165) is 11.0 Å². The van der Waals surface area contributed by atoms with E-state index in [0.29, 0.717) is 5.69 Å². The van der Waals surface area contributed by atoms with E-state index in [4.69, 9.17) is 5.11 Å². The Kier molecular flexibility index (Phi) is 4.86. The minimum absolute atomic E-state index is 0.0646. The van der Waals surface area contributed by atoms with Gasteiger partial charge in [0, 0.05) is 11.8 Å². The first kappa shape index (κ1) is 17.2. The molecular weight excluding hydrogens is 320 g/mol. The second-order valence-corrected chi connectivity index (χ2v) is 7.82. The van der Waals surface area contributed by atoms with Crippen LogP contribution in [0.15, 0.2) is 40.9 Å². The monoisotopic (exact) mass is 338 g/mol. The summed E-state index contributed by atoms with van der Waals surface area (Å²) >= 11 is 0. The number of amides is 2. The number of benzene rings is 1. The molecule has 0 radical (unpaired) electrons. The number of β-amino-alcohol motifs (C(OH)–C–C–N with tert-alkyl or cyclic N) is 1. The molecule has 0 aliphatic carbocycles. The molecule has 1 aromatic carbocycles. The number of aliphatic hydroxyl groups is 1. The van der Waals surface area contributed by atoms with Gasteiger partial charge in [0.1, 0.15) is 5.70 Å². The molecule has 2 amide bonds. The zero-order chi connectivity index (χ0) is 17.2. The number of imide groups is 1. The highest BCUT2D eigenvalue weighted by Gasteiger charge is 2.30. The molecule has 23 heavy (non-hydrogen) atoms. The fourth-order valence-electron chi connectivity index (χ4n) is 2.07. The summed E-state index contributed by atoms with van der Waals surface area (Å²) in [5, 5.41) is 11.1. The van der Waals surface area contributed by atoms with E-state index in [1.165, 1.54) is 24.3 Å². The van der Waals surface area contributed by atoms with E-state index in [2.05, 4.69) is 5.32 Å². The molecule has 0 unspecified atom stereocenters. The maximum atomic E-state index is 12.0. The summed E-state index contributed by atoms with van der Waals surface area (Å²) < 4.78 is 24.1. The Balaban J connectivity index is 2.15. The molecule has 124 valence electrons. The molecule has 7 nitrogen and oxygen atoms in total. The lowest BCUT2D eigenvalue weighted by Gasteiger charge is -2.13. The molecular formula is C15H18N2O5S. The Labute approximate surface area is 134 Å². The lowest BCUT2D eigenvalue weighted by molar-refractivity contribution is -0.137. The molecule has 0 saturated heterocycles. The van der Waals surface area contributed by atoms with Gasteiger partial charge >= 0.3 is 0 Å². The Morgan fingerprint density at radius 1 is 1.17 bits per heavy atom. The third kappa shape index (κ3) is 3.43. The lowest BCUT2D eigenvalue weighted by atomic mass is 10.3. The zero-order valence-electron chi connectivity index (χ0n) is 12.8. The second kappa shape index (κ2) is 6.51. The highest BCUT2D eigenvalue weighted by molar-refractivity contribution is 7.92. The van der Waals surface area contributed by atoms with Crippen molar-refractivity contribution in [1.82, 2.24) is 4.90 Å². The number of carbonyl (C=O) groups is 2. The summed E-state index contributed by atoms with van der Waals surface area (Å²) in [7, 11) is -3.36. The number of hydrogen-bond acceptors (Lipinski definition) is 6. The van der Waals surface area contributed by atoms with E-state index in [1.54, 1.807) is 13.8 Å². The maximum Gasteiger partial charge on any atom is 0.277 e. The number of hydrogen-bond donors (Lipinski definition) is 2. The van der Waals surface area contributed by atoms with Crippen molar-refractivity contribution >= 4 is 27.3 Å². The van der Waals surface area contributed by atoms with Gasteiger partial charge in [0.05, 0.1) is 23.3 Å². The number of nitrogens with zero attached hydrogens (tertiary/aromatic N) is 1. The number of rotatable bonds is 6. The van der Waals surface area contributed by atoms with Crippen LogP contribution >= 0.6 is 0 Å². The summed E-state index contributed by atoms with van der Waals surface area (Å²) in [6.07, 6.45) is 1.15. The molecule has 1 aliphatic rings. The van der Waals surface area contributed by atoms with Crippen molar-refractivity contribution < 1.29 is 23.1 Å². The quantitative estimate of drug-likeness (QED) is 0.733. The minimum Gasteiger partial charge on any atom is -0.395 e. The van der Waals surface area contributed by atoms with Gasteiger partial charge in [-0.25, -0.2) is 8.42 Å². The predicted octanol–water partition coefficient (Wildman–Crippen LogP) is 0.526. The summed E-state index contributed by atoms with van der Waals surface area (Å²) in [5.74, 6) is -1.02. The molecule has 0 atom stereocenters. The SMILES string of the molecule is CC(C)S(=O)(=O)c1ccc(NC2=CC(=O)N(CCO)C2=O)cc1. The molecule has 1 aliphatic heterocycles. The van der Waals surface area contributed by atoms with Crippen LogP contribution in [-0.2, 0) is 19.4 Å². The molecule has 0 saturated carbocycles. The van der Waals surface area contributed by atoms with E-state index >= 15 is 0 Å². The average molecular weight is 338 g/mol. The molecule has 0 aromatic heterocycles. The normalized spacial score (nSPS) is 15.3. The molecule has 0 spiro atoms. The standard InChI is InChI=1S/C15H18N2O5S/c1-10(2)23(21,22)12-5-3-11(4-6-12)16-13-9-14(19)17(7-8-18)15(13)20/h3-6,9-10,16,18H,7-8H2,1-2H3. The van der Waals surface area contributed by atoms with Crippen molar-refractivity contribution in [3.63, 3.8) is 0 Å². The van der Waals surface area contributed by atoms with Crippen molar-refractivity contribution in [3.05, 3.63) is 36.0 Å². The second-order valence-electron chi connectivity index (χ2n) is 5.32. The maximum absolute atomic E-state index is 12.0. The van der Waals surface area contributed by atoms with Crippen LogP contribution < -0.4 is 5.32 Å². The largest absolute Gasteiger partial charge is 0.395 e. The van der Waals surface area contributed by atoms with Gasteiger partial charge in [-0.2, -0.15) is 0 Å². The average Bonchev–Trinajstić information content (AvgIpc) is 2.76. The van der Waals surface area contributed by atoms with Crippen LogP contribution in [0, 0.1) is 0 Å². The zero-order valence-corrected chi connectivity index (χ0v) is 13.6. The summed E-state index contributed by atoms with van der Waals surface area (Å²) in [4.78, 5) is 24.8. The predicted molar refractivity (Wildman–Crippen MR) is 84.3 cm³/mol. The van der Waals surface area contributed by atoms with Crippen LogP contribution in [0.25, 0.3) is 0 Å². The molecule has 2 N–H and O–H groups in total. The number of aliphatic hydroxyl groups excluding tert-OH is 1. The van der Waals surface area contributed by atoms with Crippen molar-refractivity contribution in [3.8, 4) is 0 Å². The number of nitrogens with one attached hydrogen (secondary N) is 1. The summed E-state index contributed by atoms with van der Waals surface area (Å²) in [5.41, 5.74) is 0.578. The Morgan fingerprint density at radius 3 is 2.30 bits per heavy atom. The van der Waals surface area contributed by atoms with Gasteiger partial charge in [-0.15, -0.1) is 0 Å². The Morgan fingerprint density at radius 2 is 1.78 bits per heavy atom. The molecule has 1 aromatic rings. The highest BCUT2D eigenvalue weighted by atomic mass is 32.2. The Hall–Kier alpha value is -2.19. The Bertz CT molecular complexity index is 751. The van der Waals surface area contributed by atoms with Gasteiger partial charge in [0.15, 0.2) is 9.84 Å². The van der Waals surface area contributed by atoms with Gasteiger partial charge in [-0.3, -0.25) is 14.5 Å². The van der Waals surface area contributed by atoms with Gasteiger partial charge in [-0.05, 0) is 38.1 Å². The van der Waals surface area contributed by atoms with Gasteiger partial charge in [0.25, 0.3) is 11.8 Å². The van der Waals surface area contributed by atoms with E-state index in [1.807, 2.05) is 0 Å². The number of anilines is 1. The van der Waals surface area contributed by atoms with Crippen LogP contribution in [0.4, 0.5) is 5.69 Å². The molecule has 0 bridgehead atoms. The van der Waals surface area contributed by atoms with Crippen LogP contribution in [0.1, 0.15) is 13.8 Å². The number of carbonyl (C=O) groups excluding carboxylic acids is 2. The van der Waals surface area contributed by atoms with Crippen LogP contribution in [0.2, 0.25) is 0 Å². The molecule has 1 heterocycles. The van der Waals surface area contributed by atoms with Crippen molar-refractivity contribution in [2.75, 3.05) is 18.5 Å². The molecule has 2 rings (SSSR count). The molecule has 8 heteroatoms. The fourth-order valence-corrected chi connectivity index (χ4v) is 3.13. The number of sulfone groups is 1. The lowest BCUT2D eigenvalue weighted by Crippen LogP contribution is -2.34. The first-order valence-electron chi connectivity index (χ1n) is 7.06. The van der Waals surface area contributed by atoms with Crippen molar-refractivity contribution in [2.45, 2.75) is 24.0 Å². The van der Waals surface area contributed by atoms with E-state index in [9.17, 15) is 18.0 Å². The topological polar surface area (TPSA) is 104 Å². The van der Waals surface area contributed by atoms with Crippen LogP contribution in [-0.4, -0.2) is 48.6 Å². The third-order valence-corrected chi connectivity index (χ3v) is 5.59. The smallest absolute Gasteiger partial charge is 0.277 e. The van der Waals surface area contributed by atoms with Crippen molar-refractivity contribution in [1.29, 1.82) is 0 Å². The van der Waals surface area contributed by atoms with Gasteiger partial charge in [-0.1, -0.05) is 0 Å². The third-order valence-electron chi connectivity index (χ3n) is 3.42. The summed E-state index contributed by atoms with van der Waals surface area (Å²) in [6, 6.07) is 5.96. The van der Waals surface area contributed by atoms with Crippen LogP contribution in [0.3, 0.4) is 0 Å². The molecule has 0 fully saturated rings. The highest BCUT2D eigenvalue weighted by Crippen LogP contribution is 2.21. The summed E-state index contributed by atoms with van der Waals surface area (Å²) in [6.45, 7) is 2.83. The van der Waals surface area contributed by atoms with Crippen LogP contribution in [0.5, 0.6) is 0 Å². The van der Waals surface area contributed by atoms with Gasteiger partial charge < -0.3 is 10.4 Å². The van der Waals surface area contributed by atoms with E-state index in [-0.39, 0.29) is 23.7 Å². The van der Waals surface area contributed by atoms with Gasteiger partial charge in [0.2, 0.25) is 0 Å². The minimum atomic E-state index is -3.36. The first-order valence-corrected chi connectivity index (χ1v) is 8.61.